The van der Waals surface area contributed by atoms with Gasteiger partial charge >= 0.3 is 7.68 Å². The molecule has 0 aliphatic heterocycles. The van der Waals surface area contributed by atoms with Crippen LogP contribution in [0.2, 0.25) is 0 Å². The van der Waals surface area contributed by atoms with Crippen molar-refractivity contribution in [1.82, 2.24) is 0 Å². The minimum atomic E-state index is -3.79. The van der Waals surface area contributed by atoms with Crippen molar-refractivity contribution >= 4 is 7.68 Å². The summed E-state index contributed by atoms with van der Waals surface area (Å²) in [6, 6.07) is 0. The molecule has 14 heavy (non-hydrogen) atoms. The molecule has 2 unspecified atom stereocenters. The van der Waals surface area contributed by atoms with E-state index in [0.717, 1.165) is 32.1 Å². The Bertz CT molecular complexity index is 185. The molecule has 2 atom stereocenters. The van der Waals surface area contributed by atoms with Crippen LogP contribution >= 0.6 is 7.68 Å². The van der Waals surface area contributed by atoms with Crippen molar-refractivity contribution in [2.75, 3.05) is 6.16 Å². The van der Waals surface area contributed by atoms with Crippen LogP contribution in [0.15, 0.2) is 0 Å². The normalized spacial score (nSPS) is 17.7. The zero-order valence-corrected chi connectivity index (χ0v) is 10.4. The fourth-order valence-electron chi connectivity index (χ4n) is 1.25. The van der Waals surface area contributed by atoms with E-state index in [1.165, 1.54) is 0 Å². The highest BCUT2D eigenvalue weighted by molar-refractivity contribution is 7.53. The Morgan fingerprint density at radius 2 is 1.93 bits per heavy atom. The quantitative estimate of drug-likeness (QED) is 0.446. The summed E-state index contributed by atoms with van der Waals surface area (Å²) in [5.74, 6) is 0. The second-order valence-electron chi connectivity index (χ2n) is 3.54. The van der Waals surface area contributed by atoms with Crippen LogP contribution in [0.25, 0.3) is 0 Å². The summed E-state index contributed by atoms with van der Waals surface area (Å²) in [6.07, 6.45) is 4.66. The Morgan fingerprint density at radius 3 is 2.36 bits per heavy atom. The highest BCUT2D eigenvalue weighted by atomic mass is 31.2. The fraction of sp³-hybridized carbons (Fsp3) is 1.00. The Hall–Kier alpha value is 0.120. The zero-order valence-electron chi connectivity index (χ0n) is 9.46. The maximum atomic E-state index is 13.1. The first-order valence-corrected chi connectivity index (χ1v) is 7.22. The Balaban J connectivity index is 3.84. The zero-order chi connectivity index (χ0) is 11.0. The van der Waals surface area contributed by atoms with Gasteiger partial charge in [-0.3, -0.25) is 4.57 Å². The summed E-state index contributed by atoms with van der Waals surface area (Å²) < 4.78 is 29.2. The SMILES string of the molecule is CCCCCC(CC)OP(=O)(F)CC. The Kier molecular flexibility index (Phi) is 7.48. The largest absolute Gasteiger partial charge is 0.367 e. The van der Waals surface area contributed by atoms with E-state index in [1.54, 1.807) is 6.92 Å². The van der Waals surface area contributed by atoms with Crippen molar-refractivity contribution < 1.29 is 13.3 Å². The van der Waals surface area contributed by atoms with Crippen molar-refractivity contribution in [3.05, 3.63) is 0 Å². The van der Waals surface area contributed by atoms with E-state index in [-0.39, 0.29) is 12.3 Å². The third-order valence-electron chi connectivity index (χ3n) is 2.27. The molecule has 0 fully saturated rings. The van der Waals surface area contributed by atoms with Crippen LogP contribution in [0.4, 0.5) is 4.20 Å². The van der Waals surface area contributed by atoms with Crippen molar-refractivity contribution in [3.8, 4) is 0 Å². The third kappa shape index (κ3) is 6.56. The van der Waals surface area contributed by atoms with Gasteiger partial charge in [-0.2, -0.15) is 4.20 Å². The third-order valence-corrected chi connectivity index (χ3v) is 3.64. The molecule has 0 bridgehead atoms. The van der Waals surface area contributed by atoms with E-state index in [4.69, 9.17) is 4.52 Å². The van der Waals surface area contributed by atoms with Gasteiger partial charge in [-0.15, -0.1) is 0 Å². The van der Waals surface area contributed by atoms with Gasteiger partial charge in [0.25, 0.3) is 0 Å². The smallest absolute Gasteiger partial charge is 0.302 e. The first-order chi connectivity index (χ1) is 6.55. The number of halogens is 1. The molecule has 0 aliphatic rings. The molecule has 0 rings (SSSR count). The van der Waals surface area contributed by atoms with Crippen LogP contribution in [-0.4, -0.2) is 12.3 Å². The van der Waals surface area contributed by atoms with E-state index in [9.17, 15) is 8.76 Å². The summed E-state index contributed by atoms with van der Waals surface area (Å²) in [5, 5.41) is 0. The van der Waals surface area contributed by atoms with Gasteiger partial charge in [0.1, 0.15) is 0 Å². The molecule has 0 N–H and O–H groups in total. The van der Waals surface area contributed by atoms with Gasteiger partial charge in [0.15, 0.2) is 0 Å². The lowest BCUT2D eigenvalue weighted by Crippen LogP contribution is -2.09. The van der Waals surface area contributed by atoms with E-state index < -0.39 is 7.68 Å². The monoisotopic (exact) mass is 224 g/mol. The Morgan fingerprint density at radius 1 is 1.29 bits per heavy atom. The van der Waals surface area contributed by atoms with Crippen LogP contribution in [0, 0.1) is 0 Å². The van der Waals surface area contributed by atoms with Crippen LogP contribution < -0.4 is 0 Å². The molecule has 0 aliphatic carbocycles. The second kappa shape index (κ2) is 7.42. The van der Waals surface area contributed by atoms with Crippen LogP contribution in [0.3, 0.4) is 0 Å². The average Bonchev–Trinajstić information content (AvgIpc) is 2.16. The van der Waals surface area contributed by atoms with E-state index >= 15 is 0 Å². The number of hydrogen-bond donors (Lipinski definition) is 0. The van der Waals surface area contributed by atoms with E-state index in [0.29, 0.717) is 0 Å². The minimum absolute atomic E-state index is 0.0166. The maximum absolute atomic E-state index is 13.1. The van der Waals surface area contributed by atoms with Crippen molar-refractivity contribution in [2.45, 2.75) is 59.0 Å². The molecule has 0 heterocycles. The summed E-state index contributed by atoms with van der Waals surface area (Å²) in [6.45, 7) is 5.61. The van der Waals surface area contributed by atoms with Gasteiger partial charge < -0.3 is 4.52 Å². The molecule has 4 heteroatoms. The van der Waals surface area contributed by atoms with Crippen LogP contribution in [0.1, 0.15) is 52.9 Å². The molecule has 0 aromatic rings. The topological polar surface area (TPSA) is 26.3 Å². The first kappa shape index (κ1) is 14.1. The average molecular weight is 224 g/mol. The lowest BCUT2D eigenvalue weighted by molar-refractivity contribution is 0.171. The summed E-state index contributed by atoms with van der Waals surface area (Å²) in [4.78, 5) is 0. The first-order valence-electron chi connectivity index (χ1n) is 5.52. The molecule has 0 radical (unpaired) electrons. The van der Waals surface area contributed by atoms with E-state index in [2.05, 4.69) is 6.92 Å². The second-order valence-corrected chi connectivity index (χ2v) is 5.56. The van der Waals surface area contributed by atoms with Gasteiger partial charge in [-0.05, 0) is 12.8 Å². The van der Waals surface area contributed by atoms with Crippen LogP contribution in [-0.2, 0) is 9.09 Å². The molecule has 0 amide bonds. The van der Waals surface area contributed by atoms with Gasteiger partial charge in [0.05, 0.1) is 12.3 Å². The fourth-order valence-corrected chi connectivity index (χ4v) is 2.10. The minimum Gasteiger partial charge on any atom is -0.302 e. The number of rotatable bonds is 8. The van der Waals surface area contributed by atoms with Crippen molar-refractivity contribution in [2.24, 2.45) is 0 Å². The molecule has 0 spiro atoms. The molecular formula is C10H22FO2P. The van der Waals surface area contributed by atoms with Gasteiger partial charge in [-0.1, -0.05) is 40.0 Å². The molecular weight excluding hydrogens is 202 g/mol. The molecule has 0 saturated carbocycles. The highest BCUT2D eigenvalue weighted by Crippen LogP contribution is 2.50. The van der Waals surface area contributed by atoms with Gasteiger partial charge in [0, 0.05) is 0 Å². The number of unbranched alkanes of at least 4 members (excludes halogenated alkanes) is 2. The molecule has 0 aromatic carbocycles. The van der Waals surface area contributed by atoms with Crippen molar-refractivity contribution in [1.29, 1.82) is 0 Å². The standard InChI is InChI=1S/C10H22FO2P/c1-4-7-8-9-10(5-2)13-14(11,12)6-3/h10H,4-9H2,1-3H3. The highest BCUT2D eigenvalue weighted by Gasteiger charge is 2.23. The molecule has 0 saturated heterocycles. The predicted octanol–water partition coefficient (Wildman–Crippen LogP) is 4.54. The van der Waals surface area contributed by atoms with E-state index in [1.807, 2.05) is 6.92 Å². The number of hydrogen-bond acceptors (Lipinski definition) is 2. The van der Waals surface area contributed by atoms with Gasteiger partial charge in [0.2, 0.25) is 0 Å². The maximum Gasteiger partial charge on any atom is 0.367 e. The summed E-state index contributed by atoms with van der Waals surface area (Å²) >= 11 is 0. The lowest BCUT2D eigenvalue weighted by Gasteiger charge is -2.17. The van der Waals surface area contributed by atoms with Gasteiger partial charge in [-0.25, -0.2) is 0 Å². The molecule has 86 valence electrons. The Labute approximate surface area is 86.8 Å². The predicted molar refractivity (Wildman–Crippen MR) is 58.6 cm³/mol. The summed E-state index contributed by atoms with van der Waals surface area (Å²) in [5.41, 5.74) is 0. The van der Waals surface area contributed by atoms with Crippen molar-refractivity contribution in [3.63, 3.8) is 0 Å². The molecule has 2 nitrogen and oxygen atoms in total. The molecule has 0 aromatic heterocycles. The lowest BCUT2D eigenvalue weighted by atomic mass is 10.1. The van der Waals surface area contributed by atoms with Crippen LogP contribution in [0.5, 0.6) is 0 Å². The summed E-state index contributed by atoms with van der Waals surface area (Å²) in [7, 11) is -3.79.